The lowest BCUT2D eigenvalue weighted by atomic mass is 10.1. The highest BCUT2D eigenvalue weighted by Gasteiger charge is 2.22. The Hall–Kier alpha value is -4.47. The van der Waals surface area contributed by atoms with E-state index in [-0.39, 0.29) is 6.42 Å². The molecule has 4 aromatic heterocycles. The first kappa shape index (κ1) is 23.0. The summed E-state index contributed by atoms with van der Waals surface area (Å²) < 4.78 is 9.46. The van der Waals surface area contributed by atoms with Crippen LogP contribution in [0.5, 0.6) is 5.75 Å². The van der Waals surface area contributed by atoms with Crippen LogP contribution in [0.15, 0.2) is 55.0 Å². The summed E-state index contributed by atoms with van der Waals surface area (Å²) in [6.45, 7) is 1.51. The molecule has 188 valence electrons. The number of nitrogens with zero attached hydrogens (tertiary/aromatic N) is 6. The molecule has 10 nitrogen and oxygen atoms in total. The zero-order valence-electron chi connectivity index (χ0n) is 20.5. The van der Waals surface area contributed by atoms with E-state index in [1.54, 1.807) is 21.8 Å². The van der Waals surface area contributed by atoms with Crippen LogP contribution in [0.3, 0.4) is 0 Å². The van der Waals surface area contributed by atoms with Gasteiger partial charge in [-0.2, -0.15) is 10.2 Å². The molecule has 1 aromatic carbocycles. The van der Waals surface area contributed by atoms with Gasteiger partial charge in [-0.25, -0.2) is 0 Å². The van der Waals surface area contributed by atoms with Crippen molar-refractivity contribution in [2.45, 2.75) is 31.7 Å². The van der Waals surface area contributed by atoms with E-state index in [4.69, 9.17) is 9.72 Å². The average Bonchev–Trinajstić information content (AvgIpc) is 3.48. The molecular weight excluding hydrogens is 470 g/mol. The molecule has 0 bridgehead atoms. The third-order valence-electron chi connectivity index (χ3n) is 6.67. The van der Waals surface area contributed by atoms with Gasteiger partial charge in [0.25, 0.3) is 0 Å². The molecule has 1 atom stereocenters. The monoisotopic (exact) mass is 497 g/mol. The largest absolute Gasteiger partial charge is 0.493 e. The molecule has 5 heterocycles. The number of hydrogen-bond acceptors (Lipinski definition) is 7. The second-order valence-corrected chi connectivity index (χ2v) is 9.32. The van der Waals surface area contributed by atoms with E-state index in [1.165, 1.54) is 0 Å². The molecule has 0 saturated carbocycles. The Kier molecular flexibility index (Phi) is 5.91. The summed E-state index contributed by atoms with van der Waals surface area (Å²) in [5.74, 6) is -0.181. The molecule has 1 aliphatic heterocycles. The third-order valence-corrected chi connectivity index (χ3v) is 6.67. The highest BCUT2D eigenvalue weighted by molar-refractivity contribution is 5.81. The first-order chi connectivity index (χ1) is 18.0. The molecule has 0 aliphatic carbocycles. The lowest BCUT2D eigenvalue weighted by Crippen LogP contribution is -2.16. The predicted molar refractivity (Wildman–Crippen MR) is 139 cm³/mol. The van der Waals surface area contributed by atoms with Gasteiger partial charge in [-0.15, -0.1) is 0 Å². The zero-order valence-corrected chi connectivity index (χ0v) is 20.5. The number of carboxylic acids is 1. The van der Waals surface area contributed by atoms with Gasteiger partial charge in [0.2, 0.25) is 0 Å². The minimum Gasteiger partial charge on any atom is -0.493 e. The number of pyridine rings is 2. The van der Waals surface area contributed by atoms with Crippen LogP contribution in [0.25, 0.3) is 21.9 Å². The maximum Gasteiger partial charge on any atom is 0.305 e. The van der Waals surface area contributed by atoms with Crippen molar-refractivity contribution in [1.82, 2.24) is 29.5 Å². The number of aliphatic carboxylic acids is 1. The zero-order chi connectivity index (χ0) is 25.4. The van der Waals surface area contributed by atoms with Crippen LogP contribution in [0.4, 0.5) is 5.69 Å². The molecule has 5 aromatic rings. The van der Waals surface area contributed by atoms with Gasteiger partial charge in [0.05, 0.1) is 48.4 Å². The van der Waals surface area contributed by atoms with E-state index in [9.17, 15) is 9.90 Å². The molecule has 1 aliphatic rings. The number of aromatic nitrogens is 6. The number of ether oxygens (including phenoxy) is 1. The van der Waals surface area contributed by atoms with E-state index in [2.05, 4.69) is 26.6 Å². The van der Waals surface area contributed by atoms with Crippen molar-refractivity contribution in [3.63, 3.8) is 0 Å². The first-order valence-corrected chi connectivity index (χ1v) is 12.4. The molecule has 0 radical (unpaired) electrons. The van der Waals surface area contributed by atoms with E-state index in [0.29, 0.717) is 18.5 Å². The fraction of sp³-hybridized carbons (Fsp3) is 0.296. The SMILES string of the molecule is Cn1cc2ncc(C(CC(=O)O)n3ncc4cc(OCCc5ccc6c(n5)CCCN6)ccc43)cc2n1. The second kappa shape index (κ2) is 9.53. The molecule has 0 saturated heterocycles. The number of nitrogens with one attached hydrogen (secondary N) is 1. The average molecular weight is 498 g/mol. The molecule has 0 spiro atoms. The van der Waals surface area contributed by atoms with E-state index in [1.807, 2.05) is 43.6 Å². The number of fused-ring (bicyclic) bond motifs is 3. The number of anilines is 1. The number of carboxylic acid groups (broad SMARTS) is 1. The summed E-state index contributed by atoms with van der Waals surface area (Å²) in [6.07, 6.45) is 7.97. The maximum absolute atomic E-state index is 11.7. The summed E-state index contributed by atoms with van der Waals surface area (Å²) in [5.41, 5.74) is 6.32. The summed E-state index contributed by atoms with van der Waals surface area (Å²) in [4.78, 5) is 21.0. The normalized spacial score (nSPS) is 13.9. The van der Waals surface area contributed by atoms with Crippen molar-refractivity contribution in [2.24, 2.45) is 7.05 Å². The van der Waals surface area contributed by atoms with Gasteiger partial charge in [0.15, 0.2) is 0 Å². The second-order valence-electron chi connectivity index (χ2n) is 9.32. The molecule has 6 rings (SSSR count). The minimum absolute atomic E-state index is 0.127. The molecular formula is C27H27N7O3. The van der Waals surface area contributed by atoms with E-state index < -0.39 is 12.0 Å². The van der Waals surface area contributed by atoms with Gasteiger partial charge in [-0.3, -0.25) is 24.1 Å². The lowest BCUT2D eigenvalue weighted by Gasteiger charge is -2.18. The predicted octanol–water partition coefficient (Wildman–Crippen LogP) is 3.76. The highest BCUT2D eigenvalue weighted by atomic mass is 16.5. The topological polar surface area (TPSA) is 120 Å². The van der Waals surface area contributed by atoms with Gasteiger partial charge < -0.3 is 15.2 Å². The van der Waals surface area contributed by atoms with Crippen LogP contribution in [0.2, 0.25) is 0 Å². The summed E-state index contributed by atoms with van der Waals surface area (Å²) >= 11 is 0. The van der Waals surface area contributed by atoms with Crippen LogP contribution in [-0.2, 0) is 24.7 Å². The number of hydrogen-bond donors (Lipinski definition) is 2. The Bertz CT molecular complexity index is 1610. The van der Waals surface area contributed by atoms with Crippen LogP contribution < -0.4 is 10.1 Å². The van der Waals surface area contributed by atoms with Crippen molar-refractivity contribution in [1.29, 1.82) is 0 Å². The van der Waals surface area contributed by atoms with Crippen LogP contribution in [0.1, 0.15) is 35.8 Å². The molecule has 10 heteroatoms. The molecule has 2 N–H and O–H groups in total. The minimum atomic E-state index is -0.915. The van der Waals surface area contributed by atoms with Crippen LogP contribution in [-0.4, -0.2) is 53.8 Å². The number of benzene rings is 1. The Morgan fingerprint density at radius 3 is 3.00 bits per heavy atom. The van der Waals surface area contributed by atoms with Gasteiger partial charge in [-0.05, 0) is 54.8 Å². The van der Waals surface area contributed by atoms with Crippen molar-refractivity contribution in [3.05, 3.63) is 71.9 Å². The fourth-order valence-electron chi connectivity index (χ4n) is 4.89. The van der Waals surface area contributed by atoms with Crippen LogP contribution >= 0.6 is 0 Å². The number of rotatable bonds is 8. The highest BCUT2D eigenvalue weighted by Crippen LogP contribution is 2.29. The molecule has 0 amide bonds. The summed E-state index contributed by atoms with van der Waals surface area (Å²) in [6, 6.07) is 11.3. The number of aryl methyl sites for hydroxylation is 2. The van der Waals surface area contributed by atoms with Gasteiger partial charge in [-0.1, -0.05) is 0 Å². The first-order valence-electron chi connectivity index (χ1n) is 12.4. The van der Waals surface area contributed by atoms with Gasteiger partial charge in [0, 0.05) is 37.3 Å². The van der Waals surface area contributed by atoms with Crippen molar-refractivity contribution >= 4 is 33.6 Å². The Balaban J connectivity index is 1.21. The van der Waals surface area contributed by atoms with Gasteiger partial charge >= 0.3 is 5.97 Å². The van der Waals surface area contributed by atoms with Crippen LogP contribution in [0, 0.1) is 0 Å². The van der Waals surface area contributed by atoms with E-state index >= 15 is 0 Å². The lowest BCUT2D eigenvalue weighted by molar-refractivity contribution is -0.137. The standard InChI is InChI=1S/C27H27N7O3/c1-33-16-24-23(32-33)12-18(14-29-24)26(13-27(35)36)34-25-7-5-20(11-17(25)15-30-34)37-10-8-19-4-6-21-22(31-19)3-2-9-28-21/h4-7,11-12,14-16,26,28H,2-3,8-10,13H2,1H3,(H,35,36). The number of carbonyl (C=O) groups is 1. The fourth-order valence-corrected chi connectivity index (χ4v) is 4.89. The van der Waals surface area contributed by atoms with Gasteiger partial charge in [0.1, 0.15) is 16.8 Å². The Labute approximate surface area is 212 Å². The summed E-state index contributed by atoms with van der Waals surface area (Å²) in [7, 11) is 1.83. The third kappa shape index (κ3) is 4.69. The van der Waals surface area contributed by atoms with E-state index in [0.717, 1.165) is 64.2 Å². The maximum atomic E-state index is 11.7. The Morgan fingerprint density at radius 1 is 1.19 bits per heavy atom. The quantitative estimate of drug-likeness (QED) is 0.333. The Morgan fingerprint density at radius 2 is 2.11 bits per heavy atom. The van der Waals surface area contributed by atoms with Crippen molar-refractivity contribution in [3.8, 4) is 5.75 Å². The smallest absolute Gasteiger partial charge is 0.305 e. The van der Waals surface area contributed by atoms with Crippen molar-refractivity contribution in [2.75, 3.05) is 18.5 Å². The summed E-state index contributed by atoms with van der Waals surface area (Å²) in [5, 5.41) is 22.8. The molecule has 37 heavy (non-hydrogen) atoms. The molecule has 1 unspecified atom stereocenters. The molecule has 0 fully saturated rings. The van der Waals surface area contributed by atoms with Crippen molar-refractivity contribution < 1.29 is 14.6 Å².